The third-order valence-corrected chi connectivity index (χ3v) is 7.71. The zero-order valence-electron chi connectivity index (χ0n) is 20.7. The number of likely N-dealkylation sites (N-methyl/N-ethyl adjacent to an activating group) is 1. The molecule has 1 aliphatic rings. The number of carbonyl (C=O) groups excluding carboxylic acids is 2. The third-order valence-electron chi connectivity index (χ3n) is 6.03. The molecule has 1 fully saturated rings. The topological polar surface area (TPSA) is 68.2 Å². The summed E-state index contributed by atoms with van der Waals surface area (Å²) in [6.07, 6.45) is 1.84. The lowest BCUT2D eigenvalue weighted by atomic mass is 10.1. The molecule has 0 radical (unpaired) electrons. The molecular weight excluding hydrogens is 564 g/mol. The van der Waals surface area contributed by atoms with E-state index in [1.807, 2.05) is 42.5 Å². The summed E-state index contributed by atoms with van der Waals surface area (Å²) >= 11 is 4.91. The van der Waals surface area contributed by atoms with Gasteiger partial charge in [0.25, 0.3) is 5.91 Å². The van der Waals surface area contributed by atoms with Crippen LogP contribution in [0.3, 0.4) is 0 Å². The number of methoxy groups -OCH3 is 1. The second kappa shape index (κ2) is 11.2. The van der Waals surface area contributed by atoms with Gasteiger partial charge in [0.2, 0.25) is 0 Å². The number of thioether (sulfide) groups is 1. The van der Waals surface area contributed by atoms with Crippen molar-refractivity contribution < 1.29 is 19.1 Å². The number of hydrogen-bond donors (Lipinski definition) is 0. The number of ether oxygens (including phenoxy) is 2. The SMILES string of the molecule is COC(=O)c1ccc(N=C2S/C(=C\c3ccc(OCc4cccc5ccccc45)c(Br)c3)C(=O)N2C)cc1. The van der Waals surface area contributed by atoms with E-state index in [9.17, 15) is 9.59 Å². The second-order valence-corrected chi connectivity index (χ2v) is 10.4. The summed E-state index contributed by atoms with van der Waals surface area (Å²) in [6.45, 7) is 0.444. The van der Waals surface area contributed by atoms with Crippen molar-refractivity contribution in [2.45, 2.75) is 6.61 Å². The van der Waals surface area contributed by atoms with Gasteiger partial charge in [-0.15, -0.1) is 0 Å². The molecule has 4 aromatic rings. The summed E-state index contributed by atoms with van der Waals surface area (Å²) in [5, 5.41) is 2.91. The number of benzene rings is 4. The highest BCUT2D eigenvalue weighted by Gasteiger charge is 2.30. The molecular formula is C30H23BrN2O4S. The van der Waals surface area contributed by atoms with E-state index in [-0.39, 0.29) is 5.91 Å². The molecule has 0 aromatic heterocycles. The predicted molar refractivity (Wildman–Crippen MR) is 156 cm³/mol. The Balaban J connectivity index is 1.30. The molecule has 190 valence electrons. The van der Waals surface area contributed by atoms with Crippen molar-refractivity contribution in [1.29, 1.82) is 0 Å². The van der Waals surface area contributed by atoms with Crippen LogP contribution in [0.2, 0.25) is 0 Å². The maximum absolute atomic E-state index is 12.9. The van der Waals surface area contributed by atoms with Crippen LogP contribution in [0.4, 0.5) is 5.69 Å². The Bertz CT molecular complexity index is 1590. The van der Waals surface area contributed by atoms with Crippen molar-refractivity contribution in [2.75, 3.05) is 14.2 Å². The predicted octanol–water partition coefficient (Wildman–Crippen LogP) is 7.20. The van der Waals surface area contributed by atoms with Gasteiger partial charge < -0.3 is 9.47 Å². The summed E-state index contributed by atoms with van der Waals surface area (Å²) in [5.41, 5.74) is 3.05. The number of fused-ring (bicyclic) bond motifs is 1. The standard InChI is InChI=1S/C30H23BrN2O4S/c1-33-28(34)27(38-30(33)32-23-13-11-21(12-14-23)29(35)36-2)17-19-10-15-26(25(31)16-19)37-18-22-8-5-7-20-6-3-4-9-24(20)22/h3-17H,18H2,1-2H3/b27-17-,32-30?. The van der Waals surface area contributed by atoms with E-state index in [0.29, 0.717) is 27.9 Å². The Morgan fingerprint density at radius 1 is 1.03 bits per heavy atom. The maximum atomic E-state index is 12.9. The largest absolute Gasteiger partial charge is 0.488 e. The van der Waals surface area contributed by atoms with Crippen LogP contribution in [0.15, 0.2) is 99.3 Å². The molecule has 0 atom stereocenters. The third kappa shape index (κ3) is 5.51. The van der Waals surface area contributed by atoms with E-state index in [1.165, 1.54) is 34.5 Å². The highest BCUT2D eigenvalue weighted by Crippen LogP contribution is 2.35. The molecule has 0 bridgehead atoms. The minimum atomic E-state index is -0.409. The number of halogens is 1. The molecule has 6 nitrogen and oxygen atoms in total. The lowest BCUT2D eigenvalue weighted by molar-refractivity contribution is -0.121. The Morgan fingerprint density at radius 3 is 2.55 bits per heavy atom. The van der Waals surface area contributed by atoms with E-state index in [2.05, 4.69) is 45.2 Å². The normalized spacial score (nSPS) is 15.4. The Morgan fingerprint density at radius 2 is 1.79 bits per heavy atom. The zero-order valence-corrected chi connectivity index (χ0v) is 23.1. The first-order chi connectivity index (χ1) is 18.4. The van der Waals surface area contributed by atoms with Crippen molar-refractivity contribution in [3.05, 3.63) is 111 Å². The second-order valence-electron chi connectivity index (χ2n) is 8.52. The van der Waals surface area contributed by atoms with Crippen LogP contribution in [0.1, 0.15) is 21.5 Å². The van der Waals surface area contributed by atoms with Gasteiger partial charge in [-0.3, -0.25) is 9.69 Å². The summed E-state index contributed by atoms with van der Waals surface area (Å²) in [4.78, 5) is 31.2. The summed E-state index contributed by atoms with van der Waals surface area (Å²) < 4.78 is 11.6. The Hall–Kier alpha value is -3.88. The van der Waals surface area contributed by atoms with Crippen LogP contribution in [-0.2, 0) is 16.1 Å². The molecule has 0 unspecified atom stereocenters. The molecule has 8 heteroatoms. The van der Waals surface area contributed by atoms with Crippen molar-refractivity contribution in [3.63, 3.8) is 0 Å². The Kier molecular flexibility index (Phi) is 7.62. The maximum Gasteiger partial charge on any atom is 0.337 e. The number of amidine groups is 1. The van der Waals surface area contributed by atoms with Crippen molar-refractivity contribution in [2.24, 2.45) is 4.99 Å². The molecule has 4 aromatic carbocycles. The minimum Gasteiger partial charge on any atom is -0.488 e. The monoisotopic (exact) mass is 586 g/mol. The fourth-order valence-electron chi connectivity index (χ4n) is 4.00. The fourth-order valence-corrected chi connectivity index (χ4v) is 5.50. The highest BCUT2D eigenvalue weighted by atomic mass is 79.9. The average molecular weight is 587 g/mol. The molecule has 0 spiro atoms. The van der Waals surface area contributed by atoms with Crippen molar-refractivity contribution in [3.8, 4) is 5.75 Å². The number of hydrogen-bond acceptors (Lipinski definition) is 6. The molecule has 1 heterocycles. The minimum absolute atomic E-state index is 0.132. The van der Waals surface area contributed by atoms with Gasteiger partial charge in [-0.05, 0) is 92.1 Å². The van der Waals surface area contributed by atoms with Crippen LogP contribution >= 0.6 is 27.7 Å². The van der Waals surface area contributed by atoms with Gasteiger partial charge in [0, 0.05) is 7.05 Å². The van der Waals surface area contributed by atoms with Gasteiger partial charge in [0.15, 0.2) is 5.17 Å². The van der Waals surface area contributed by atoms with Gasteiger partial charge in [-0.1, -0.05) is 48.5 Å². The van der Waals surface area contributed by atoms with E-state index >= 15 is 0 Å². The molecule has 1 saturated heterocycles. The molecule has 1 amide bonds. The lowest BCUT2D eigenvalue weighted by Crippen LogP contribution is -2.23. The van der Waals surface area contributed by atoms with E-state index < -0.39 is 5.97 Å². The number of amides is 1. The Labute approximate surface area is 233 Å². The fraction of sp³-hybridized carbons (Fsp3) is 0.100. The molecule has 0 N–H and O–H groups in total. The van der Waals surface area contributed by atoms with Gasteiger partial charge >= 0.3 is 5.97 Å². The molecule has 1 aliphatic heterocycles. The summed E-state index contributed by atoms with van der Waals surface area (Å²) in [6, 6.07) is 26.9. The first-order valence-electron chi connectivity index (χ1n) is 11.8. The van der Waals surface area contributed by atoms with Crippen LogP contribution in [-0.4, -0.2) is 36.1 Å². The molecule has 5 rings (SSSR count). The van der Waals surface area contributed by atoms with Gasteiger partial charge in [0.05, 0.1) is 27.7 Å². The smallest absolute Gasteiger partial charge is 0.337 e. The first kappa shape index (κ1) is 25.8. The first-order valence-corrected chi connectivity index (χ1v) is 13.4. The van der Waals surface area contributed by atoms with E-state index in [0.717, 1.165) is 21.3 Å². The van der Waals surface area contributed by atoms with Crippen LogP contribution in [0.5, 0.6) is 5.75 Å². The van der Waals surface area contributed by atoms with Crippen LogP contribution in [0, 0.1) is 0 Å². The number of carbonyl (C=O) groups is 2. The van der Waals surface area contributed by atoms with Crippen molar-refractivity contribution in [1.82, 2.24) is 4.90 Å². The van der Waals surface area contributed by atoms with Crippen LogP contribution in [0.25, 0.3) is 16.8 Å². The zero-order chi connectivity index (χ0) is 26.6. The average Bonchev–Trinajstić information content (AvgIpc) is 3.20. The van der Waals surface area contributed by atoms with E-state index in [4.69, 9.17) is 9.47 Å². The van der Waals surface area contributed by atoms with Gasteiger partial charge in [-0.25, -0.2) is 9.79 Å². The number of rotatable bonds is 6. The number of aliphatic imine (C=N–C) groups is 1. The van der Waals surface area contributed by atoms with Crippen molar-refractivity contribution >= 4 is 67.3 Å². The van der Waals surface area contributed by atoms with E-state index in [1.54, 1.807) is 31.3 Å². The van der Waals surface area contributed by atoms with Gasteiger partial charge in [0.1, 0.15) is 12.4 Å². The number of esters is 1. The summed E-state index contributed by atoms with van der Waals surface area (Å²) in [7, 11) is 3.03. The van der Waals surface area contributed by atoms with Crippen LogP contribution < -0.4 is 4.74 Å². The molecule has 0 aliphatic carbocycles. The van der Waals surface area contributed by atoms with Gasteiger partial charge in [-0.2, -0.15) is 0 Å². The molecule has 38 heavy (non-hydrogen) atoms. The summed E-state index contributed by atoms with van der Waals surface area (Å²) in [5.74, 6) is 0.181. The molecule has 0 saturated carbocycles. The highest BCUT2D eigenvalue weighted by molar-refractivity contribution is 9.10. The number of nitrogens with zero attached hydrogens (tertiary/aromatic N) is 2. The lowest BCUT2D eigenvalue weighted by Gasteiger charge is -2.11. The quantitative estimate of drug-likeness (QED) is 0.176.